The van der Waals surface area contributed by atoms with E-state index in [2.05, 4.69) is 0 Å². The zero-order chi connectivity index (χ0) is 20.7. The third-order valence-corrected chi connectivity index (χ3v) is 5.64. The Bertz CT molecular complexity index is 1100. The zero-order valence-corrected chi connectivity index (χ0v) is 17.1. The number of hydrogen-bond donors (Lipinski definition) is 0. The highest BCUT2D eigenvalue weighted by atomic mass is 35.5. The van der Waals surface area contributed by atoms with Gasteiger partial charge in [0.1, 0.15) is 17.3 Å². The highest BCUT2D eigenvalue weighted by Crippen LogP contribution is 2.48. The van der Waals surface area contributed by atoms with Crippen molar-refractivity contribution in [3.63, 3.8) is 0 Å². The number of rotatable bonds is 4. The molecule has 0 fully saturated rings. The fourth-order valence-corrected chi connectivity index (χ4v) is 4.17. The number of hydrazone groups is 1. The second-order valence-corrected chi connectivity index (χ2v) is 7.74. The van der Waals surface area contributed by atoms with Crippen molar-refractivity contribution in [2.45, 2.75) is 25.6 Å². The Morgan fingerprint density at radius 3 is 2.60 bits per heavy atom. The van der Waals surface area contributed by atoms with Gasteiger partial charge in [-0.15, -0.1) is 0 Å². The summed E-state index contributed by atoms with van der Waals surface area (Å²) in [5, 5.41) is 7.52. The second kappa shape index (κ2) is 7.65. The summed E-state index contributed by atoms with van der Waals surface area (Å²) in [6.45, 7) is 2.58. The first-order chi connectivity index (χ1) is 14.6. The van der Waals surface area contributed by atoms with Gasteiger partial charge in [-0.2, -0.15) is 5.10 Å². The third kappa shape index (κ3) is 3.39. The molecule has 3 aromatic carbocycles. The van der Waals surface area contributed by atoms with Crippen LogP contribution in [0, 0.1) is 5.82 Å². The van der Waals surface area contributed by atoms with E-state index in [1.54, 1.807) is 12.1 Å². The molecule has 0 bridgehead atoms. The quantitative estimate of drug-likeness (QED) is 0.508. The highest BCUT2D eigenvalue weighted by Gasteiger charge is 2.41. The molecule has 0 saturated carbocycles. The predicted octanol–water partition coefficient (Wildman–Crippen LogP) is 6.12. The third-order valence-electron chi connectivity index (χ3n) is 5.41. The van der Waals surface area contributed by atoms with Crippen LogP contribution in [0.3, 0.4) is 0 Å². The Morgan fingerprint density at radius 2 is 1.87 bits per heavy atom. The minimum atomic E-state index is -0.377. The summed E-state index contributed by atoms with van der Waals surface area (Å²) in [6, 6.07) is 20.0. The summed E-state index contributed by atoms with van der Waals surface area (Å²) in [6.07, 6.45) is 0.313. The van der Waals surface area contributed by atoms with Gasteiger partial charge in [0.2, 0.25) is 6.23 Å². The number of halogens is 2. The Kier molecular flexibility index (Phi) is 4.83. The molecule has 0 aromatic heterocycles. The lowest BCUT2D eigenvalue weighted by Gasteiger charge is -2.38. The Hall–Kier alpha value is -3.05. The fraction of sp³-hybridized carbons (Fsp3) is 0.208. The Morgan fingerprint density at radius 1 is 1.10 bits per heavy atom. The summed E-state index contributed by atoms with van der Waals surface area (Å²) in [5.41, 5.74) is 3.78. The lowest BCUT2D eigenvalue weighted by Crippen LogP contribution is -2.33. The molecular formula is C24H20ClFN2O2. The van der Waals surface area contributed by atoms with Crippen molar-refractivity contribution in [3.05, 3.63) is 94.3 Å². The summed E-state index contributed by atoms with van der Waals surface area (Å²) >= 11 is 6.27. The van der Waals surface area contributed by atoms with Crippen molar-refractivity contribution in [2.75, 3.05) is 6.61 Å². The van der Waals surface area contributed by atoms with Crippen molar-refractivity contribution < 1.29 is 13.9 Å². The van der Waals surface area contributed by atoms with Crippen molar-refractivity contribution in [2.24, 2.45) is 5.10 Å². The molecule has 2 aliphatic rings. The van der Waals surface area contributed by atoms with E-state index in [9.17, 15) is 4.39 Å². The molecule has 2 aliphatic heterocycles. The molecule has 0 saturated heterocycles. The van der Waals surface area contributed by atoms with Crippen LogP contribution in [-0.4, -0.2) is 17.3 Å². The molecule has 3 aromatic rings. The predicted molar refractivity (Wildman–Crippen MR) is 115 cm³/mol. The largest absolute Gasteiger partial charge is 0.494 e. The number of fused-ring (bicyclic) bond motifs is 3. The van der Waals surface area contributed by atoms with Gasteiger partial charge in [-0.3, -0.25) is 0 Å². The topological polar surface area (TPSA) is 34.1 Å². The molecule has 0 N–H and O–H groups in total. The molecule has 0 spiro atoms. The lowest BCUT2D eigenvalue weighted by molar-refractivity contribution is -0.0190. The minimum absolute atomic E-state index is 0.0101. The van der Waals surface area contributed by atoms with Crippen LogP contribution < -0.4 is 9.47 Å². The normalized spacial score (nSPS) is 19.6. The van der Waals surface area contributed by atoms with Crippen LogP contribution in [0.5, 0.6) is 11.5 Å². The van der Waals surface area contributed by atoms with Crippen LogP contribution in [0.4, 0.5) is 4.39 Å². The monoisotopic (exact) mass is 422 g/mol. The van der Waals surface area contributed by atoms with Gasteiger partial charge in [-0.25, -0.2) is 9.40 Å². The van der Waals surface area contributed by atoms with Crippen molar-refractivity contribution >= 4 is 17.3 Å². The summed E-state index contributed by atoms with van der Waals surface area (Å²) in [4.78, 5) is 0. The fourth-order valence-electron chi connectivity index (χ4n) is 3.99. The first-order valence-corrected chi connectivity index (χ1v) is 10.3. The van der Waals surface area contributed by atoms with Crippen molar-refractivity contribution in [3.8, 4) is 11.5 Å². The molecule has 2 heterocycles. The van der Waals surface area contributed by atoms with E-state index >= 15 is 0 Å². The Balaban J connectivity index is 1.55. The molecule has 0 unspecified atom stereocenters. The average molecular weight is 423 g/mol. The molecular weight excluding hydrogens is 403 g/mol. The maximum atomic E-state index is 13.4. The second-order valence-electron chi connectivity index (χ2n) is 7.31. The number of ether oxygens (including phenoxy) is 2. The van der Waals surface area contributed by atoms with E-state index in [4.69, 9.17) is 26.2 Å². The van der Waals surface area contributed by atoms with Gasteiger partial charge in [-0.1, -0.05) is 23.7 Å². The molecule has 0 amide bonds. The van der Waals surface area contributed by atoms with Crippen LogP contribution in [0.2, 0.25) is 5.02 Å². The molecule has 2 atom stereocenters. The van der Waals surface area contributed by atoms with Crippen LogP contribution in [-0.2, 0) is 0 Å². The van der Waals surface area contributed by atoms with Gasteiger partial charge in [0.05, 0.1) is 18.4 Å². The van der Waals surface area contributed by atoms with Gasteiger partial charge in [0.25, 0.3) is 0 Å². The summed E-state index contributed by atoms with van der Waals surface area (Å²) < 4.78 is 25.3. The average Bonchev–Trinajstić information content (AvgIpc) is 3.20. The Labute approximate surface area is 179 Å². The first-order valence-electron chi connectivity index (χ1n) is 9.93. The molecule has 0 aliphatic carbocycles. The maximum absolute atomic E-state index is 13.4. The van der Waals surface area contributed by atoms with Crippen LogP contribution in [0.15, 0.2) is 71.8 Å². The van der Waals surface area contributed by atoms with E-state index in [0.29, 0.717) is 18.1 Å². The smallest absolute Gasteiger partial charge is 0.213 e. The van der Waals surface area contributed by atoms with Gasteiger partial charge in [0.15, 0.2) is 0 Å². The SMILES string of the molecule is CCOc1ccc([C@@H]2Oc3ccc(Cl)cc3[C@H]3CC(c4ccc(F)cc4)=NN32)cc1. The van der Waals surface area contributed by atoms with Crippen LogP contribution >= 0.6 is 11.6 Å². The van der Waals surface area contributed by atoms with Gasteiger partial charge in [-0.05, 0) is 67.1 Å². The summed E-state index contributed by atoms with van der Waals surface area (Å²) in [7, 11) is 0. The van der Waals surface area contributed by atoms with Crippen molar-refractivity contribution in [1.82, 2.24) is 5.01 Å². The van der Waals surface area contributed by atoms with Gasteiger partial charge < -0.3 is 9.47 Å². The first kappa shape index (κ1) is 18.9. The zero-order valence-electron chi connectivity index (χ0n) is 16.4. The molecule has 152 valence electrons. The standard InChI is InChI=1S/C24H20ClFN2O2/c1-2-29-19-10-5-16(6-11-19)24-28-22(20-13-17(25)7-12-23(20)30-24)14-21(27-28)15-3-8-18(26)9-4-15/h3-13,22,24H,2,14H2,1H3/t22-,24+/m1/s1. The molecule has 5 rings (SSSR count). The minimum Gasteiger partial charge on any atom is -0.494 e. The lowest BCUT2D eigenvalue weighted by atomic mass is 9.96. The van der Waals surface area contributed by atoms with Gasteiger partial charge in [0, 0.05) is 22.6 Å². The molecule has 30 heavy (non-hydrogen) atoms. The number of hydrogen-bond acceptors (Lipinski definition) is 4. The molecule has 4 nitrogen and oxygen atoms in total. The van der Waals surface area contributed by atoms with E-state index in [1.165, 1.54) is 12.1 Å². The molecule has 0 radical (unpaired) electrons. The maximum Gasteiger partial charge on any atom is 0.213 e. The van der Waals surface area contributed by atoms with E-state index in [1.807, 2.05) is 54.4 Å². The highest BCUT2D eigenvalue weighted by molar-refractivity contribution is 6.30. The number of benzene rings is 3. The molecule has 6 heteroatoms. The van der Waals surface area contributed by atoms with Crippen LogP contribution in [0.25, 0.3) is 0 Å². The summed E-state index contributed by atoms with van der Waals surface area (Å²) in [5.74, 6) is 1.36. The number of nitrogens with zero attached hydrogens (tertiary/aromatic N) is 2. The van der Waals surface area contributed by atoms with E-state index in [-0.39, 0.29) is 18.1 Å². The van der Waals surface area contributed by atoms with Crippen molar-refractivity contribution in [1.29, 1.82) is 0 Å². The van der Waals surface area contributed by atoms with E-state index < -0.39 is 0 Å². The van der Waals surface area contributed by atoms with Gasteiger partial charge >= 0.3 is 0 Å². The van der Waals surface area contributed by atoms with E-state index in [0.717, 1.165) is 33.9 Å². The van der Waals surface area contributed by atoms with Crippen LogP contribution in [0.1, 0.15) is 42.3 Å².